The van der Waals surface area contributed by atoms with Gasteiger partial charge in [0.05, 0.1) is 23.9 Å². The van der Waals surface area contributed by atoms with E-state index in [0.29, 0.717) is 29.4 Å². The highest BCUT2D eigenvalue weighted by Gasteiger charge is 3.02. The first kappa shape index (κ1) is 12.9. The SMILES string of the molecule is O=c1n(-c2ccccc2)c(=O)n2n1[C@H]1[C@@H]3[C@@H]4[C@@H]3[C@H]3[C@@]15C=C[C@H](O)C[C@]35[C@@H]42. The molecule has 0 radical (unpaired) electrons. The molecule has 9 atom stereocenters. The predicted molar refractivity (Wildman–Crippen MR) is 91.0 cm³/mol. The third-order valence-corrected chi connectivity index (χ3v) is 8.81. The first-order valence-electron chi connectivity index (χ1n) is 9.53. The predicted octanol–water partition coefficient (Wildman–Crippen LogP) is 0.709. The molecule has 3 heterocycles. The molecule has 5 aliphatic carbocycles. The van der Waals surface area contributed by atoms with E-state index in [2.05, 4.69) is 6.08 Å². The van der Waals surface area contributed by atoms with Gasteiger partial charge in [-0.05, 0) is 42.2 Å². The Morgan fingerprint density at radius 1 is 0.962 bits per heavy atom. The molecule has 0 unspecified atom stereocenters. The van der Waals surface area contributed by atoms with Gasteiger partial charge in [-0.1, -0.05) is 30.4 Å². The van der Waals surface area contributed by atoms with Crippen molar-refractivity contribution in [1.29, 1.82) is 0 Å². The molecular weight excluding hydrogens is 330 g/mol. The van der Waals surface area contributed by atoms with E-state index in [0.717, 1.165) is 6.42 Å². The number of aliphatic hydroxyl groups is 1. The fraction of sp³-hybridized carbons (Fsp3) is 0.500. The average molecular weight is 347 g/mol. The molecule has 1 aromatic carbocycles. The van der Waals surface area contributed by atoms with E-state index >= 15 is 0 Å². The quantitative estimate of drug-likeness (QED) is 0.773. The van der Waals surface area contributed by atoms with Crippen molar-refractivity contribution in [3.63, 3.8) is 0 Å². The summed E-state index contributed by atoms with van der Waals surface area (Å²) in [5.74, 6) is 2.30. The van der Waals surface area contributed by atoms with Crippen LogP contribution in [0.3, 0.4) is 0 Å². The first-order chi connectivity index (χ1) is 12.6. The lowest BCUT2D eigenvalue weighted by Gasteiger charge is -2.49. The van der Waals surface area contributed by atoms with E-state index in [9.17, 15) is 14.7 Å². The van der Waals surface area contributed by atoms with Crippen molar-refractivity contribution in [2.45, 2.75) is 24.6 Å². The zero-order chi connectivity index (χ0) is 17.2. The Labute approximate surface area is 148 Å². The minimum absolute atomic E-state index is 0.00898. The second-order valence-electron chi connectivity index (χ2n) is 9.13. The average Bonchev–Trinajstić information content (AvgIpc) is 3.40. The van der Waals surface area contributed by atoms with Crippen LogP contribution >= 0.6 is 0 Å². The van der Waals surface area contributed by atoms with Crippen LogP contribution in [-0.2, 0) is 0 Å². The molecule has 26 heavy (non-hydrogen) atoms. The van der Waals surface area contributed by atoms with Gasteiger partial charge in [0.15, 0.2) is 0 Å². The molecule has 2 bridgehead atoms. The number of benzene rings is 1. The second-order valence-corrected chi connectivity index (χ2v) is 9.13. The van der Waals surface area contributed by atoms with Crippen LogP contribution in [0, 0.1) is 34.5 Å². The van der Waals surface area contributed by atoms with Crippen molar-refractivity contribution < 1.29 is 5.11 Å². The van der Waals surface area contributed by atoms with Gasteiger partial charge in [-0.15, -0.1) is 0 Å². The van der Waals surface area contributed by atoms with Crippen molar-refractivity contribution in [2.24, 2.45) is 34.5 Å². The van der Waals surface area contributed by atoms with E-state index in [1.807, 2.05) is 36.4 Å². The van der Waals surface area contributed by atoms with Crippen LogP contribution < -0.4 is 11.4 Å². The number of nitrogens with zero attached hydrogens (tertiary/aromatic N) is 3. The molecule has 2 aromatic rings. The van der Waals surface area contributed by atoms with Crippen molar-refractivity contribution >= 4 is 0 Å². The van der Waals surface area contributed by atoms with Gasteiger partial charge in [-0.3, -0.25) is 0 Å². The van der Waals surface area contributed by atoms with Crippen molar-refractivity contribution in [2.75, 3.05) is 0 Å². The standard InChI is InChI=1S/C20H17N3O3/c24-10-6-7-19-14-11-12-13(11)16(20(14,19)8-10)23-18(26)21(9-4-2-1-3-5-9)17(25)22(23)15(12)19/h1-7,10-16,24H,8H2/t10-,11+,12-,13-,14-,15-,16+,19-,20+/m0/s1. The Bertz CT molecular complexity index is 1190. The van der Waals surface area contributed by atoms with E-state index in [1.165, 1.54) is 4.57 Å². The second kappa shape index (κ2) is 3.31. The zero-order valence-electron chi connectivity index (χ0n) is 13.9. The summed E-state index contributed by atoms with van der Waals surface area (Å²) >= 11 is 0. The Kier molecular flexibility index (Phi) is 1.65. The first-order valence-corrected chi connectivity index (χ1v) is 9.53. The molecule has 0 saturated heterocycles. The normalized spacial score (nSPS) is 52.0. The van der Waals surface area contributed by atoms with Crippen LogP contribution in [0.25, 0.3) is 5.69 Å². The molecule has 1 aromatic heterocycles. The van der Waals surface area contributed by atoms with Crippen LogP contribution in [0.5, 0.6) is 0 Å². The number of aromatic nitrogens is 3. The van der Waals surface area contributed by atoms with Gasteiger partial charge >= 0.3 is 11.4 Å². The molecule has 9 rings (SSSR count). The van der Waals surface area contributed by atoms with Gasteiger partial charge in [0.25, 0.3) is 0 Å². The van der Waals surface area contributed by atoms with E-state index in [1.54, 1.807) is 9.36 Å². The van der Waals surface area contributed by atoms with Crippen molar-refractivity contribution in [3.05, 3.63) is 63.5 Å². The Morgan fingerprint density at radius 3 is 2.42 bits per heavy atom. The molecule has 4 fully saturated rings. The van der Waals surface area contributed by atoms with Crippen LogP contribution in [0.2, 0.25) is 0 Å². The van der Waals surface area contributed by atoms with E-state index < -0.39 is 6.10 Å². The van der Waals surface area contributed by atoms with Crippen molar-refractivity contribution in [3.8, 4) is 5.69 Å². The third kappa shape index (κ3) is 0.895. The van der Waals surface area contributed by atoms with Gasteiger partial charge in [-0.2, -0.15) is 0 Å². The summed E-state index contributed by atoms with van der Waals surface area (Å²) in [4.78, 5) is 26.7. The Balaban J connectivity index is 1.47. The number of hydrogen-bond donors (Lipinski definition) is 1. The molecule has 6 heteroatoms. The van der Waals surface area contributed by atoms with Gasteiger partial charge in [0.1, 0.15) is 0 Å². The number of rotatable bonds is 1. The van der Waals surface area contributed by atoms with Gasteiger partial charge < -0.3 is 5.11 Å². The molecule has 0 amide bonds. The molecular formula is C20H17N3O3. The van der Waals surface area contributed by atoms with Gasteiger partial charge in [0.2, 0.25) is 0 Å². The number of aliphatic hydroxyl groups excluding tert-OH is 1. The molecule has 6 nitrogen and oxygen atoms in total. The molecule has 2 aliphatic heterocycles. The maximum Gasteiger partial charge on any atom is 0.352 e. The highest BCUT2D eigenvalue weighted by Crippen LogP contribution is 3.03. The van der Waals surface area contributed by atoms with Crippen LogP contribution in [0.1, 0.15) is 18.5 Å². The van der Waals surface area contributed by atoms with Crippen LogP contribution in [0.4, 0.5) is 0 Å². The summed E-state index contributed by atoms with van der Waals surface area (Å²) in [5.41, 5.74) is 0.254. The molecule has 2 spiro atoms. The van der Waals surface area contributed by atoms with Gasteiger partial charge in [0, 0.05) is 10.8 Å². The van der Waals surface area contributed by atoms with E-state index in [4.69, 9.17) is 0 Å². The minimum atomic E-state index is -0.421. The summed E-state index contributed by atoms with van der Waals surface area (Å²) in [5, 5.41) is 10.3. The largest absolute Gasteiger partial charge is 0.389 e. The smallest absolute Gasteiger partial charge is 0.352 e. The monoisotopic (exact) mass is 347 g/mol. The highest BCUT2D eigenvalue weighted by molar-refractivity contribution is 5.54. The fourth-order valence-corrected chi connectivity index (χ4v) is 8.52. The molecule has 7 aliphatic rings. The lowest BCUT2D eigenvalue weighted by atomic mass is 9.67. The third-order valence-electron chi connectivity index (χ3n) is 8.81. The summed E-state index contributed by atoms with van der Waals surface area (Å²) in [6.45, 7) is 0. The van der Waals surface area contributed by atoms with Gasteiger partial charge in [-0.25, -0.2) is 23.5 Å². The lowest BCUT2D eigenvalue weighted by molar-refractivity contribution is -0.00744. The maximum atomic E-state index is 13.3. The highest BCUT2D eigenvalue weighted by atomic mass is 16.3. The summed E-state index contributed by atoms with van der Waals surface area (Å²) in [6.07, 6.45) is 4.47. The Morgan fingerprint density at radius 2 is 1.65 bits per heavy atom. The number of allylic oxidation sites excluding steroid dienone is 1. The van der Waals surface area contributed by atoms with Crippen molar-refractivity contribution in [1.82, 2.24) is 13.9 Å². The molecule has 4 saturated carbocycles. The molecule has 130 valence electrons. The summed E-state index contributed by atoms with van der Waals surface area (Å²) in [6, 6.07) is 9.41. The van der Waals surface area contributed by atoms with Crippen LogP contribution in [-0.4, -0.2) is 25.1 Å². The molecule has 1 N–H and O–H groups in total. The lowest BCUT2D eigenvalue weighted by Crippen LogP contribution is -2.53. The Hall–Kier alpha value is -2.34. The summed E-state index contributed by atoms with van der Waals surface area (Å²) < 4.78 is 4.93. The number of para-hydroxylation sites is 1. The zero-order valence-corrected chi connectivity index (χ0v) is 13.9. The maximum absolute atomic E-state index is 13.3. The topological polar surface area (TPSA) is 69.2 Å². The van der Waals surface area contributed by atoms with E-state index in [-0.39, 0.29) is 34.3 Å². The summed E-state index contributed by atoms with van der Waals surface area (Å²) in [7, 11) is 0. The fourth-order valence-electron chi connectivity index (χ4n) is 8.52. The number of hydrogen-bond acceptors (Lipinski definition) is 3. The van der Waals surface area contributed by atoms with Crippen LogP contribution in [0.15, 0.2) is 52.1 Å². The minimum Gasteiger partial charge on any atom is -0.389 e.